The Labute approximate surface area is 175 Å². The molecule has 0 saturated heterocycles. The molecule has 0 aliphatic rings. The van der Waals surface area contributed by atoms with E-state index in [1.807, 2.05) is 78.9 Å². The second-order valence-electron chi connectivity index (χ2n) is 6.98. The summed E-state index contributed by atoms with van der Waals surface area (Å²) in [6.07, 6.45) is 0. The fourth-order valence-electron chi connectivity index (χ4n) is 3.38. The van der Waals surface area contributed by atoms with Crippen LogP contribution in [0.4, 0.5) is 0 Å². The molecule has 0 aliphatic heterocycles. The van der Waals surface area contributed by atoms with Crippen LogP contribution < -0.4 is 0 Å². The van der Waals surface area contributed by atoms with Crippen molar-refractivity contribution in [2.24, 2.45) is 0 Å². The fourth-order valence-corrected chi connectivity index (χ4v) is 3.38. The van der Waals surface area contributed by atoms with Crippen LogP contribution >= 0.6 is 0 Å². The highest BCUT2D eigenvalue weighted by molar-refractivity contribution is 5.70. The van der Waals surface area contributed by atoms with E-state index in [4.69, 9.17) is 15.0 Å². The number of aromatic nitrogens is 3. The molecule has 3 nitrogen and oxygen atoms in total. The van der Waals surface area contributed by atoms with Gasteiger partial charge in [0, 0.05) is 16.7 Å². The average molecular weight is 385 g/mol. The van der Waals surface area contributed by atoms with Gasteiger partial charge in [-0.1, -0.05) is 115 Å². The van der Waals surface area contributed by atoms with Crippen LogP contribution in [0.25, 0.3) is 45.3 Å². The van der Waals surface area contributed by atoms with Crippen LogP contribution in [-0.4, -0.2) is 15.0 Å². The van der Waals surface area contributed by atoms with Crippen LogP contribution in [0.2, 0.25) is 0 Å². The maximum absolute atomic E-state index is 4.78. The molecular formula is C27H19N3. The van der Waals surface area contributed by atoms with Crippen molar-refractivity contribution in [2.75, 3.05) is 0 Å². The van der Waals surface area contributed by atoms with Crippen molar-refractivity contribution in [3.63, 3.8) is 0 Å². The number of rotatable bonds is 4. The molecule has 0 unspecified atom stereocenters. The van der Waals surface area contributed by atoms with E-state index >= 15 is 0 Å². The summed E-state index contributed by atoms with van der Waals surface area (Å²) in [6, 6.07) is 38.8. The Balaban J connectivity index is 1.60. The van der Waals surface area contributed by atoms with E-state index in [9.17, 15) is 0 Å². The number of hydrogen-bond donors (Lipinski definition) is 0. The molecule has 0 atom stereocenters. The van der Waals surface area contributed by atoms with Crippen molar-refractivity contribution in [3.05, 3.63) is 115 Å². The minimum Gasteiger partial charge on any atom is -0.208 e. The third-order valence-corrected chi connectivity index (χ3v) is 4.95. The molecule has 0 spiro atoms. The first-order valence-corrected chi connectivity index (χ1v) is 9.90. The van der Waals surface area contributed by atoms with E-state index in [-0.39, 0.29) is 0 Å². The Morgan fingerprint density at radius 2 is 0.533 bits per heavy atom. The third-order valence-electron chi connectivity index (χ3n) is 4.95. The maximum Gasteiger partial charge on any atom is 0.164 e. The average Bonchev–Trinajstić information content (AvgIpc) is 2.85. The summed E-state index contributed by atoms with van der Waals surface area (Å²) in [7, 11) is 0. The van der Waals surface area contributed by atoms with Crippen molar-refractivity contribution in [3.8, 4) is 45.3 Å². The minimum absolute atomic E-state index is 0.669. The van der Waals surface area contributed by atoms with Crippen molar-refractivity contribution in [1.82, 2.24) is 15.0 Å². The van der Waals surface area contributed by atoms with Gasteiger partial charge in [0.25, 0.3) is 0 Å². The Morgan fingerprint density at radius 1 is 0.267 bits per heavy atom. The van der Waals surface area contributed by atoms with E-state index in [0.717, 1.165) is 16.7 Å². The normalized spacial score (nSPS) is 10.7. The lowest BCUT2D eigenvalue weighted by Gasteiger charge is -2.09. The van der Waals surface area contributed by atoms with Gasteiger partial charge < -0.3 is 0 Å². The van der Waals surface area contributed by atoms with Gasteiger partial charge in [0.15, 0.2) is 17.5 Å². The predicted octanol–water partition coefficient (Wildman–Crippen LogP) is 6.54. The topological polar surface area (TPSA) is 38.7 Å². The van der Waals surface area contributed by atoms with E-state index in [0.29, 0.717) is 17.5 Å². The first kappa shape index (κ1) is 18.0. The zero-order chi connectivity index (χ0) is 20.2. The fraction of sp³-hybridized carbons (Fsp3) is 0. The van der Waals surface area contributed by atoms with E-state index in [1.54, 1.807) is 0 Å². The molecule has 0 saturated carbocycles. The molecule has 0 radical (unpaired) electrons. The van der Waals surface area contributed by atoms with Crippen molar-refractivity contribution in [1.29, 1.82) is 0 Å². The molecule has 4 aromatic carbocycles. The Hall–Kier alpha value is -4.11. The first-order chi connectivity index (χ1) is 14.9. The summed E-state index contributed by atoms with van der Waals surface area (Å²) in [5.41, 5.74) is 5.26. The Morgan fingerprint density at radius 3 is 0.933 bits per heavy atom. The summed E-state index contributed by atoms with van der Waals surface area (Å²) in [5.74, 6) is 2.01. The van der Waals surface area contributed by atoms with Crippen LogP contribution in [-0.2, 0) is 0 Å². The van der Waals surface area contributed by atoms with Gasteiger partial charge in [-0.2, -0.15) is 0 Å². The molecule has 0 N–H and O–H groups in total. The monoisotopic (exact) mass is 385 g/mol. The van der Waals surface area contributed by atoms with E-state index in [2.05, 4.69) is 36.4 Å². The first-order valence-electron chi connectivity index (χ1n) is 9.90. The molecule has 30 heavy (non-hydrogen) atoms. The largest absolute Gasteiger partial charge is 0.208 e. The van der Waals surface area contributed by atoms with Crippen molar-refractivity contribution in [2.45, 2.75) is 0 Å². The van der Waals surface area contributed by atoms with Crippen molar-refractivity contribution < 1.29 is 0 Å². The van der Waals surface area contributed by atoms with Crippen LogP contribution in [0.3, 0.4) is 0 Å². The molecular weight excluding hydrogens is 366 g/mol. The molecule has 0 amide bonds. The third kappa shape index (κ3) is 3.74. The zero-order valence-corrected chi connectivity index (χ0v) is 16.3. The van der Waals surface area contributed by atoms with Gasteiger partial charge in [0.2, 0.25) is 0 Å². The van der Waals surface area contributed by atoms with Crippen LogP contribution in [0, 0.1) is 0 Å². The molecule has 0 fully saturated rings. The molecule has 142 valence electrons. The molecule has 5 aromatic rings. The van der Waals surface area contributed by atoms with E-state index < -0.39 is 0 Å². The van der Waals surface area contributed by atoms with Crippen LogP contribution in [0.5, 0.6) is 0 Å². The van der Waals surface area contributed by atoms with Gasteiger partial charge in [-0.3, -0.25) is 0 Å². The molecule has 1 aromatic heterocycles. The summed E-state index contributed by atoms with van der Waals surface area (Å²) in [4.78, 5) is 14.3. The quantitative estimate of drug-likeness (QED) is 0.352. The van der Waals surface area contributed by atoms with Gasteiger partial charge in [-0.05, 0) is 11.1 Å². The summed E-state index contributed by atoms with van der Waals surface area (Å²) in [6.45, 7) is 0. The van der Waals surface area contributed by atoms with Crippen molar-refractivity contribution >= 4 is 0 Å². The Kier molecular flexibility index (Phi) is 4.84. The van der Waals surface area contributed by atoms with Gasteiger partial charge in [-0.15, -0.1) is 0 Å². The van der Waals surface area contributed by atoms with E-state index in [1.165, 1.54) is 11.1 Å². The lowest BCUT2D eigenvalue weighted by molar-refractivity contribution is 1.07. The summed E-state index contributed by atoms with van der Waals surface area (Å²) >= 11 is 0. The molecule has 0 aliphatic carbocycles. The van der Waals surface area contributed by atoms with Gasteiger partial charge in [-0.25, -0.2) is 15.0 Å². The standard InChI is InChI=1S/C27H19N3/c1-4-10-20(11-5-1)21-16-18-24(19-17-21)27-29-25(22-12-6-2-7-13-22)28-26(30-27)23-14-8-3-9-15-23/h1-19H. The Bertz CT molecular complexity index is 1190. The lowest BCUT2D eigenvalue weighted by Crippen LogP contribution is -2.00. The maximum atomic E-state index is 4.78. The van der Waals surface area contributed by atoms with Crippen LogP contribution in [0.1, 0.15) is 0 Å². The number of nitrogens with zero attached hydrogens (tertiary/aromatic N) is 3. The smallest absolute Gasteiger partial charge is 0.164 e. The molecule has 0 bridgehead atoms. The lowest BCUT2D eigenvalue weighted by atomic mass is 10.0. The zero-order valence-electron chi connectivity index (χ0n) is 16.3. The highest BCUT2D eigenvalue weighted by Crippen LogP contribution is 2.26. The highest BCUT2D eigenvalue weighted by atomic mass is 15.0. The highest BCUT2D eigenvalue weighted by Gasteiger charge is 2.12. The van der Waals surface area contributed by atoms with Gasteiger partial charge in [0.1, 0.15) is 0 Å². The predicted molar refractivity (Wildman–Crippen MR) is 122 cm³/mol. The van der Waals surface area contributed by atoms with Gasteiger partial charge in [0.05, 0.1) is 0 Å². The molecule has 5 rings (SSSR count). The SMILES string of the molecule is c1ccc(-c2ccc(-c3nc(-c4ccccc4)nc(-c4ccccc4)n3)cc2)cc1. The minimum atomic E-state index is 0.669. The molecule has 3 heteroatoms. The second-order valence-corrected chi connectivity index (χ2v) is 6.98. The number of benzene rings is 4. The second kappa shape index (κ2) is 8.10. The summed E-state index contributed by atoms with van der Waals surface area (Å²) in [5, 5.41) is 0. The summed E-state index contributed by atoms with van der Waals surface area (Å²) < 4.78 is 0. The van der Waals surface area contributed by atoms with Gasteiger partial charge >= 0.3 is 0 Å². The number of hydrogen-bond acceptors (Lipinski definition) is 3. The molecule has 1 heterocycles. The van der Waals surface area contributed by atoms with Crippen LogP contribution in [0.15, 0.2) is 115 Å².